The van der Waals surface area contributed by atoms with E-state index in [2.05, 4.69) is 62.5 Å². The van der Waals surface area contributed by atoms with Crippen LogP contribution in [0.1, 0.15) is 46.4 Å². The second kappa shape index (κ2) is 19.8. The van der Waals surface area contributed by atoms with Crippen LogP contribution >= 0.6 is 0 Å². The number of nitrogen functional groups attached to an aromatic ring is 2. The Kier molecular flexibility index (Phi) is 13.9. The van der Waals surface area contributed by atoms with E-state index in [0.29, 0.717) is 49.2 Å². The van der Waals surface area contributed by atoms with Gasteiger partial charge in [-0.05, 0) is 61.4 Å². The lowest BCUT2D eigenvalue weighted by Gasteiger charge is -2.27. The number of ether oxygens (including phenoxy) is 1. The third kappa shape index (κ3) is 11.9. The molecule has 332 valence electrons. The molecule has 4 atom stereocenters. The highest BCUT2D eigenvalue weighted by molar-refractivity contribution is 5.98. The van der Waals surface area contributed by atoms with Crippen LogP contribution in [0.2, 0.25) is 0 Å². The van der Waals surface area contributed by atoms with Crippen molar-refractivity contribution in [3.05, 3.63) is 80.4 Å². The van der Waals surface area contributed by atoms with Crippen molar-refractivity contribution in [1.29, 1.82) is 0 Å². The molecule has 0 radical (unpaired) electrons. The molecule has 16 N–H and O–H groups in total. The van der Waals surface area contributed by atoms with E-state index in [1.165, 1.54) is 24.3 Å². The smallest absolute Gasteiger partial charge is 0.326 e. The standard InChI is InChI=1S/C38H44N14O11/c39-37-49-29-27(33(57)51-37)45-21(15-43-29)13-41-19-5-1-17(2-6-19)31(55)47-23(35(59)60)9-11-25(53)63-26(54)12-10-24(36(61)62)48-32(56)18-3-7-20(8-4-18)42-14-22-16-44-30-28(46-22)34(58)52-38(40)50-30/h1-8,21-24,41-42,45-46H,9-16H2,(H,47,55)(H,48,56)(H,59,60)(H,61,62)(H4,39,43,49,51,57)(H4,40,44,50,52,58)/t21?,22?,23-,24-/m0/s1. The summed E-state index contributed by atoms with van der Waals surface area (Å²) in [6, 6.07) is 8.78. The summed E-state index contributed by atoms with van der Waals surface area (Å²) in [4.78, 5) is 112. The van der Waals surface area contributed by atoms with Gasteiger partial charge in [0.25, 0.3) is 22.9 Å². The minimum absolute atomic E-state index is 0.0115. The summed E-state index contributed by atoms with van der Waals surface area (Å²) in [5.74, 6) is -5.91. The number of anilines is 8. The highest BCUT2D eigenvalue weighted by Gasteiger charge is 2.27. The number of benzene rings is 2. The number of aromatic amines is 2. The fraction of sp³-hybridized carbons (Fsp3) is 0.316. The van der Waals surface area contributed by atoms with Crippen LogP contribution in [0.3, 0.4) is 0 Å². The summed E-state index contributed by atoms with van der Waals surface area (Å²) in [5.41, 5.74) is 12.3. The Balaban J connectivity index is 0.891. The zero-order valence-corrected chi connectivity index (χ0v) is 33.2. The molecule has 0 saturated carbocycles. The van der Waals surface area contributed by atoms with Gasteiger partial charge in [0.2, 0.25) is 11.9 Å². The van der Waals surface area contributed by atoms with E-state index in [1.54, 1.807) is 24.3 Å². The van der Waals surface area contributed by atoms with E-state index in [4.69, 9.17) is 16.2 Å². The molecule has 4 aromatic rings. The van der Waals surface area contributed by atoms with Gasteiger partial charge in [0.1, 0.15) is 23.5 Å². The number of fused-ring (bicyclic) bond motifs is 2. The summed E-state index contributed by atoms with van der Waals surface area (Å²) in [5, 5.41) is 42.6. The number of carboxylic acids is 2. The van der Waals surface area contributed by atoms with Crippen LogP contribution in [-0.2, 0) is 23.9 Å². The van der Waals surface area contributed by atoms with Gasteiger partial charge in [0.15, 0.2) is 11.6 Å². The molecule has 25 heteroatoms. The van der Waals surface area contributed by atoms with Crippen molar-refractivity contribution in [3.8, 4) is 0 Å². The molecule has 2 aliphatic heterocycles. The van der Waals surface area contributed by atoms with Gasteiger partial charge in [0, 0.05) is 61.5 Å². The van der Waals surface area contributed by atoms with Gasteiger partial charge in [0.05, 0.1) is 12.1 Å². The van der Waals surface area contributed by atoms with Crippen molar-refractivity contribution >= 4 is 82.0 Å². The number of carbonyl (C=O) groups excluding carboxylic acids is 4. The molecule has 2 aliphatic rings. The number of nitrogens with zero attached hydrogens (tertiary/aromatic N) is 2. The van der Waals surface area contributed by atoms with Gasteiger partial charge < -0.3 is 69.0 Å². The van der Waals surface area contributed by atoms with Crippen LogP contribution in [0, 0.1) is 0 Å². The maximum atomic E-state index is 12.9. The molecule has 2 amide bonds. The minimum atomic E-state index is -1.52. The first-order valence-corrected chi connectivity index (χ1v) is 19.4. The molecule has 2 aromatic carbocycles. The van der Waals surface area contributed by atoms with Crippen LogP contribution < -0.4 is 65.1 Å². The predicted octanol–water partition coefficient (Wildman–Crippen LogP) is -0.650. The molecular formula is C38H44N14O11. The average molecular weight is 873 g/mol. The lowest BCUT2D eigenvalue weighted by Crippen LogP contribution is -2.41. The molecule has 6 rings (SSSR count). The van der Waals surface area contributed by atoms with E-state index in [9.17, 15) is 48.6 Å². The quantitative estimate of drug-likeness (QED) is 0.0436. The van der Waals surface area contributed by atoms with Crippen LogP contribution in [0.5, 0.6) is 0 Å². The highest BCUT2D eigenvalue weighted by atomic mass is 16.6. The Morgan fingerprint density at radius 2 is 1.03 bits per heavy atom. The Hall–Kier alpha value is -8.38. The van der Waals surface area contributed by atoms with Gasteiger partial charge in [-0.2, -0.15) is 9.97 Å². The molecule has 0 aliphatic carbocycles. The number of esters is 2. The average Bonchev–Trinajstić information content (AvgIpc) is 3.25. The molecule has 0 spiro atoms. The number of hydrogen-bond donors (Lipinski definition) is 14. The lowest BCUT2D eigenvalue weighted by molar-refractivity contribution is -0.159. The number of carbonyl (C=O) groups is 6. The van der Waals surface area contributed by atoms with E-state index >= 15 is 0 Å². The first-order valence-electron chi connectivity index (χ1n) is 19.4. The molecule has 0 bridgehead atoms. The number of H-pyrrole nitrogens is 2. The predicted molar refractivity (Wildman–Crippen MR) is 228 cm³/mol. The van der Waals surface area contributed by atoms with Crippen LogP contribution in [0.4, 0.5) is 46.3 Å². The molecule has 0 fully saturated rings. The summed E-state index contributed by atoms with van der Waals surface area (Å²) < 4.78 is 4.74. The zero-order chi connectivity index (χ0) is 45.2. The Labute approximate surface area is 355 Å². The number of aromatic nitrogens is 4. The maximum Gasteiger partial charge on any atom is 0.326 e. The number of rotatable bonds is 18. The SMILES string of the molecule is Nc1nc2c(c(=O)[nH]1)NC(CNc1ccc(C(=O)N[C@@H](CCC(=O)OC(=O)CC[C@H](NC(=O)c3ccc(NCC4CNc5nc(N)[nH]c(=O)c5N4)cc3)C(=O)O)C(=O)O)cc1)CN2. The summed E-state index contributed by atoms with van der Waals surface area (Å²) >= 11 is 0. The van der Waals surface area contributed by atoms with Crippen molar-refractivity contribution < 1.29 is 43.7 Å². The van der Waals surface area contributed by atoms with Gasteiger partial charge in [-0.15, -0.1) is 0 Å². The first kappa shape index (κ1) is 44.2. The van der Waals surface area contributed by atoms with Gasteiger partial charge >= 0.3 is 23.9 Å². The number of aliphatic carboxylic acids is 2. The fourth-order valence-electron chi connectivity index (χ4n) is 6.41. The lowest BCUT2D eigenvalue weighted by atomic mass is 10.1. The Morgan fingerprint density at radius 3 is 1.40 bits per heavy atom. The highest BCUT2D eigenvalue weighted by Crippen LogP contribution is 2.22. The van der Waals surface area contributed by atoms with Crippen molar-refractivity contribution in [1.82, 2.24) is 30.6 Å². The summed E-state index contributed by atoms with van der Waals surface area (Å²) in [6.07, 6.45) is -2.00. The molecule has 0 saturated heterocycles. The molecule has 25 nitrogen and oxygen atoms in total. The topological polar surface area (TPSA) is 392 Å². The fourth-order valence-corrected chi connectivity index (χ4v) is 6.41. The third-order valence-corrected chi connectivity index (χ3v) is 9.71. The van der Waals surface area contributed by atoms with Gasteiger partial charge in [-0.1, -0.05) is 0 Å². The second-order valence-corrected chi connectivity index (χ2v) is 14.4. The number of nitrogens with two attached hydrogens (primary N) is 2. The Morgan fingerprint density at radius 1 is 0.651 bits per heavy atom. The third-order valence-electron chi connectivity index (χ3n) is 9.71. The summed E-state index contributed by atoms with van der Waals surface area (Å²) in [7, 11) is 0. The maximum absolute atomic E-state index is 12.9. The molecule has 4 heterocycles. The van der Waals surface area contributed by atoms with Crippen molar-refractivity contribution in [2.45, 2.75) is 49.9 Å². The van der Waals surface area contributed by atoms with E-state index in [-0.39, 0.29) is 46.5 Å². The van der Waals surface area contributed by atoms with Crippen LogP contribution in [0.25, 0.3) is 0 Å². The van der Waals surface area contributed by atoms with E-state index in [0.717, 1.165) is 0 Å². The van der Waals surface area contributed by atoms with Crippen molar-refractivity contribution in [2.75, 3.05) is 69.5 Å². The zero-order valence-electron chi connectivity index (χ0n) is 33.2. The van der Waals surface area contributed by atoms with Gasteiger partial charge in [-0.25, -0.2) is 9.59 Å². The van der Waals surface area contributed by atoms with E-state index < -0.39 is 84.6 Å². The second-order valence-electron chi connectivity index (χ2n) is 14.4. The number of amides is 2. The largest absolute Gasteiger partial charge is 0.480 e. The van der Waals surface area contributed by atoms with Crippen LogP contribution in [0.15, 0.2) is 58.1 Å². The molecule has 2 aromatic heterocycles. The number of hydrogen-bond acceptors (Lipinski definition) is 19. The normalized spacial score (nSPS) is 15.7. The molecular weight excluding hydrogens is 829 g/mol. The van der Waals surface area contributed by atoms with Crippen LogP contribution in [-0.4, -0.2) is 116 Å². The Bertz CT molecular complexity index is 2320. The molecule has 63 heavy (non-hydrogen) atoms. The van der Waals surface area contributed by atoms with E-state index in [1.807, 2.05) is 0 Å². The van der Waals surface area contributed by atoms with Crippen molar-refractivity contribution in [3.63, 3.8) is 0 Å². The number of carboxylic acid groups (broad SMARTS) is 2. The minimum Gasteiger partial charge on any atom is -0.480 e. The first-order chi connectivity index (χ1) is 30.1. The van der Waals surface area contributed by atoms with Crippen molar-refractivity contribution in [2.24, 2.45) is 0 Å². The monoisotopic (exact) mass is 872 g/mol. The van der Waals surface area contributed by atoms with Gasteiger partial charge in [-0.3, -0.25) is 38.7 Å². The molecule has 2 unspecified atom stereocenters. The summed E-state index contributed by atoms with van der Waals surface area (Å²) in [6.45, 7) is 1.64. The number of nitrogens with one attached hydrogen (secondary N) is 10.